The Bertz CT molecular complexity index is 703. The van der Waals surface area contributed by atoms with Crippen molar-refractivity contribution in [3.63, 3.8) is 0 Å². The molecule has 0 spiro atoms. The summed E-state index contributed by atoms with van der Waals surface area (Å²) in [5.74, 6) is 0. The third-order valence-corrected chi connectivity index (χ3v) is 6.03. The minimum atomic E-state index is -3.61. The molecule has 0 saturated heterocycles. The number of nitrogens with zero attached hydrogens (tertiary/aromatic N) is 4. The smallest absolute Gasteiger partial charge is 0.247 e. The fourth-order valence-corrected chi connectivity index (χ4v) is 4.84. The van der Waals surface area contributed by atoms with E-state index in [9.17, 15) is 8.42 Å². The lowest BCUT2D eigenvalue weighted by Gasteiger charge is -2.23. The highest BCUT2D eigenvalue weighted by Gasteiger charge is 2.40. The number of aromatic nitrogens is 2. The van der Waals surface area contributed by atoms with Gasteiger partial charge in [0, 0.05) is 19.0 Å². The molecule has 1 aliphatic carbocycles. The number of sulfonamides is 1. The highest BCUT2D eigenvalue weighted by atomic mass is 32.2. The number of rotatable bonds is 5. The molecule has 0 N–H and O–H groups in total. The molecule has 0 aromatic carbocycles. The molecule has 0 radical (unpaired) electrons. The first-order chi connectivity index (χ1) is 10.1. The van der Waals surface area contributed by atoms with Crippen molar-refractivity contribution in [1.29, 1.82) is 5.26 Å². The van der Waals surface area contributed by atoms with Gasteiger partial charge in [-0.2, -0.15) is 14.7 Å². The SMILES string of the molecule is Cc1nn(C(C)(C)C)c(C)c1S(=O)(=O)N(CCC#N)C1CC1. The summed E-state index contributed by atoms with van der Waals surface area (Å²) in [5.41, 5.74) is 0.905. The summed E-state index contributed by atoms with van der Waals surface area (Å²) in [5, 5.41) is 13.2. The van der Waals surface area contributed by atoms with E-state index < -0.39 is 10.0 Å². The van der Waals surface area contributed by atoms with Crippen LogP contribution < -0.4 is 0 Å². The van der Waals surface area contributed by atoms with Crippen LogP contribution in [-0.4, -0.2) is 35.1 Å². The maximum atomic E-state index is 13.1. The van der Waals surface area contributed by atoms with Gasteiger partial charge in [-0.05, 0) is 47.5 Å². The molecule has 1 saturated carbocycles. The average Bonchev–Trinajstić information content (AvgIpc) is 3.14. The Morgan fingerprint density at radius 3 is 2.36 bits per heavy atom. The summed E-state index contributed by atoms with van der Waals surface area (Å²) >= 11 is 0. The van der Waals surface area contributed by atoms with Gasteiger partial charge in [0.25, 0.3) is 0 Å². The molecule has 7 heteroatoms. The summed E-state index contributed by atoms with van der Waals surface area (Å²) < 4.78 is 29.4. The van der Waals surface area contributed by atoms with Crippen LogP contribution in [0.3, 0.4) is 0 Å². The summed E-state index contributed by atoms with van der Waals surface area (Å²) in [4.78, 5) is 0.298. The Kier molecular flexibility index (Phi) is 4.37. The van der Waals surface area contributed by atoms with E-state index >= 15 is 0 Å². The molecule has 1 heterocycles. The number of hydrogen-bond acceptors (Lipinski definition) is 4. The van der Waals surface area contributed by atoms with Gasteiger partial charge in [0.15, 0.2) is 0 Å². The van der Waals surface area contributed by atoms with Crippen LogP contribution in [-0.2, 0) is 15.6 Å². The second kappa shape index (κ2) is 5.67. The largest absolute Gasteiger partial charge is 0.263 e. The Morgan fingerprint density at radius 2 is 1.95 bits per heavy atom. The topological polar surface area (TPSA) is 79.0 Å². The fourth-order valence-electron chi connectivity index (χ4n) is 2.79. The predicted octanol–water partition coefficient (Wildman–Crippen LogP) is 2.32. The first-order valence-electron chi connectivity index (χ1n) is 7.56. The maximum Gasteiger partial charge on any atom is 0.247 e. The second-order valence-corrected chi connectivity index (χ2v) is 8.67. The molecule has 1 aliphatic rings. The zero-order chi connectivity index (χ0) is 16.7. The number of hydrogen-bond donors (Lipinski definition) is 0. The van der Waals surface area contributed by atoms with Crippen LogP contribution in [0, 0.1) is 25.2 Å². The Balaban J connectivity index is 2.49. The molecule has 0 amide bonds. The zero-order valence-electron chi connectivity index (χ0n) is 13.9. The van der Waals surface area contributed by atoms with Gasteiger partial charge in [-0.3, -0.25) is 4.68 Å². The van der Waals surface area contributed by atoms with Gasteiger partial charge >= 0.3 is 0 Å². The van der Waals surface area contributed by atoms with Crippen molar-refractivity contribution in [3.8, 4) is 6.07 Å². The van der Waals surface area contributed by atoms with Crippen LogP contribution in [0.5, 0.6) is 0 Å². The minimum Gasteiger partial charge on any atom is -0.263 e. The highest BCUT2D eigenvalue weighted by molar-refractivity contribution is 7.89. The van der Waals surface area contributed by atoms with Crippen LogP contribution in [0.25, 0.3) is 0 Å². The minimum absolute atomic E-state index is 0.0372. The van der Waals surface area contributed by atoms with Crippen molar-refractivity contribution >= 4 is 10.0 Å². The third-order valence-electron chi connectivity index (χ3n) is 3.83. The highest BCUT2D eigenvalue weighted by Crippen LogP contribution is 2.35. The van der Waals surface area contributed by atoms with E-state index in [0.717, 1.165) is 12.8 Å². The quantitative estimate of drug-likeness (QED) is 0.832. The van der Waals surface area contributed by atoms with Gasteiger partial charge in [-0.1, -0.05) is 0 Å². The van der Waals surface area contributed by atoms with Crippen LogP contribution in [0.1, 0.15) is 51.4 Å². The molecule has 122 valence electrons. The molecule has 0 unspecified atom stereocenters. The first kappa shape index (κ1) is 17.0. The van der Waals surface area contributed by atoms with Gasteiger partial charge in [0.1, 0.15) is 4.90 Å². The number of aryl methyl sites for hydroxylation is 1. The molecule has 1 fully saturated rings. The molecule has 1 aromatic rings. The van der Waals surface area contributed by atoms with E-state index in [1.165, 1.54) is 4.31 Å². The molecular formula is C15H24N4O2S. The molecular weight excluding hydrogens is 300 g/mol. The van der Waals surface area contributed by atoms with E-state index in [4.69, 9.17) is 5.26 Å². The van der Waals surface area contributed by atoms with Gasteiger partial charge < -0.3 is 0 Å². The molecule has 2 rings (SSSR count). The van der Waals surface area contributed by atoms with Crippen molar-refractivity contribution in [2.75, 3.05) is 6.54 Å². The van der Waals surface area contributed by atoms with Crippen LogP contribution >= 0.6 is 0 Å². The molecule has 6 nitrogen and oxygen atoms in total. The molecule has 0 aliphatic heterocycles. The second-order valence-electron chi connectivity index (χ2n) is 6.84. The van der Waals surface area contributed by atoms with Crippen molar-refractivity contribution in [2.24, 2.45) is 0 Å². The molecule has 0 bridgehead atoms. The van der Waals surface area contributed by atoms with Crippen molar-refractivity contribution in [1.82, 2.24) is 14.1 Å². The lowest BCUT2D eigenvalue weighted by molar-refractivity contribution is 0.345. The fraction of sp³-hybridized carbons (Fsp3) is 0.733. The van der Waals surface area contributed by atoms with E-state index in [0.29, 0.717) is 16.3 Å². The average molecular weight is 324 g/mol. The zero-order valence-corrected chi connectivity index (χ0v) is 14.7. The standard InChI is InChI=1S/C15H24N4O2S/c1-11-14(12(2)19(17-11)15(3,4)5)22(20,21)18(10-6-9-16)13-7-8-13/h13H,6-8,10H2,1-5H3. The van der Waals surface area contributed by atoms with Crippen LogP contribution in [0.15, 0.2) is 4.90 Å². The summed E-state index contributed by atoms with van der Waals surface area (Å²) in [6.07, 6.45) is 1.95. The van der Waals surface area contributed by atoms with Gasteiger partial charge in [0.2, 0.25) is 10.0 Å². The molecule has 0 atom stereocenters. The third kappa shape index (κ3) is 3.03. The Labute approximate surface area is 132 Å². The summed E-state index contributed by atoms with van der Waals surface area (Å²) in [7, 11) is -3.61. The van der Waals surface area contributed by atoms with Crippen molar-refractivity contribution < 1.29 is 8.42 Å². The first-order valence-corrected chi connectivity index (χ1v) is 9.00. The molecule has 1 aromatic heterocycles. The number of nitriles is 1. The lowest BCUT2D eigenvalue weighted by atomic mass is 10.1. The van der Waals surface area contributed by atoms with E-state index in [1.807, 2.05) is 26.8 Å². The summed E-state index contributed by atoms with van der Waals surface area (Å²) in [6, 6.07) is 2.07. The van der Waals surface area contributed by atoms with Crippen LogP contribution in [0.4, 0.5) is 0 Å². The van der Waals surface area contributed by atoms with Gasteiger partial charge in [-0.15, -0.1) is 0 Å². The van der Waals surface area contributed by atoms with Gasteiger partial charge in [0.05, 0.1) is 23.0 Å². The Morgan fingerprint density at radius 1 is 1.36 bits per heavy atom. The summed E-state index contributed by atoms with van der Waals surface area (Å²) in [6.45, 7) is 9.78. The normalized spacial score (nSPS) is 16.0. The lowest BCUT2D eigenvalue weighted by Crippen LogP contribution is -2.34. The van der Waals surface area contributed by atoms with Gasteiger partial charge in [-0.25, -0.2) is 8.42 Å². The van der Waals surface area contributed by atoms with Crippen molar-refractivity contribution in [2.45, 2.75) is 70.4 Å². The van der Waals surface area contributed by atoms with E-state index in [2.05, 4.69) is 5.10 Å². The maximum absolute atomic E-state index is 13.1. The van der Waals surface area contributed by atoms with E-state index in [-0.39, 0.29) is 24.5 Å². The predicted molar refractivity (Wildman–Crippen MR) is 83.8 cm³/mol. The van der Waals surface area contributed by atoms with Crippen LogP contribution in [0.2, 0.25) is 0 Å². The monoisotopic (exact) mass is 324 g/mol. The van der Waals surface area contributed by atoms with Crippen molar-refractivity contribution in [3.05, 3.63) is 11.4 Å². The Hall–Kier alpha value is -1.39. The van der Waals surface area contributed by atoms with E-state index in [1.54, 1.807) is 18.5 Å². The molecule has 22 heavy (non-hydrogen) atoms.